The standard InChI is InChI=1S/C31H55NO24/c1-7-12(36)16(40)19(43)27(48-7)54-24-15(39)10(4-34)50-29(21(24)45)53-23-11(5-35)52-30(56-26-18(42)14(38)9(3-33)51-31(26)47-6-32)22(46)25(23)55-28-20(44)17(41)13(37)8(2)49-28/h7-31,33-46H,3-6,32H2,1-2H3/t7?,8?,9?,10?,11?,12-,13-,14+,15+,16-,17-,18-,19?,20?,21?,22?,23+,24-,25+,26?,27-,28-,29-,30+,31-/m0/s1. The van der Waals surface area contributed by atoms with Gasteiger partial charge in [0.1, 0.15) is 110 Å². The quantitative estimate of drug-likeness (QED) is 0.0767. The SMILES string of the molecule is CC1O[C@@H](O[C@@H]2C(O)[C@H](O[C@@H]3C(CO)O[C@H](OC4[C@@H](OCN)OC(CO)[C@@H](O)[C@@H]4O)C(O)[C@H]3O[C@@H]3OC(C)[C@H](O)[C@H](O)C3O)OC(CO)[C@H]2O)C(O)[C@@H](O)[C@H]1O. The lowest BCUT2D eigenvalue weighted by Gasteiger charge is -2.50. The lowest BCUT2D eigenvalue weighted by molar-refractivity contribution is -0.406. The minimum atomic E-state index is -2.11. The summed E-state index contributed by atoms with van der Waals surface area (Å²) in [5.74, 6) is 0. The fourth-order valence-electron chi connectivity index (χ4n) is 7.10. The molecule has 0 saturated carbocycles. The maximum Gasteiger partial charge on any atom is 0.188 e. The van der Waals surface area contributed by atoms with Gasteiger partial charge in [-0.05, 0) is 13.8 Å². The van der Waals surface area contributed by atoms with Crippen LogP contribution in [0.4, 0.5) is 0 Å². The smallest absolute Gasteiger partial charge is 0.188 e. The van der Waals surface area contributed by atoms with Gasteiger partial charge in [-0.2, -0.15) is 0 Å². The van der Waals surface area contributed by atoms with E-state index in [1.807, 2.05) is 0 Å². The summed E-state index contributed by atoms with van der Waals surface area (Å²) in [6, 6.07) is 0. The highest BCUT2D eigenvalue weighted by Crippen LogP contribution is 2.37. The second-order valence-electron chi connectivity index (χ2n) is 14.2. The molecule has 5 aliphatic rings. The average molecular weight is 826 g/mol. The first-order valence-electron chi connectivity index (χ1n) is 18.0. The maximum atomic E-state index is 11.7. The first-order valence-corrected chi connectivity index (χ1v) is 18.0. The van der Waals surface area contributed by atoms with Crippen LogP contribution in [0.2, 0.25) is 0 Å². The van der Waals surface area contributed by atoms with Crippen molar-refractivity contribution in [1.82, 2.24) is 0 Å². The van der Waals surface area contributed by atoms with Crippen LogP contribution in [0.1, 0.15) is 13.8 Å². The van der Waals surface area contributed by atoms with Crippen LogP contribution >= 0.6 is 0 Å². The van der Waals surface area contributed by atoms with Gasteiger partial charge in [0.25, 0.3) is 0 Å². The summed E-state index contributed by atoms with van der Waals surface area (Å²) in [5.41, 5.74) is 5.49. The van der Waals surface area contributed by atoms with Gasteiger partial charge >= 0.3 is 0 Å². The molecule has 5 rings (SSSR count). The van der Waals surface area contributed by atoms with Gasteiger partial charge in [-0.25, -0.2) is 0 Å². The number of hydrogen-bond acceptors (Lipinski definition) is 25. The van der Waals surface area contributed by atoms with E-state index in [2.05, 4.69) is 0 Å². The third-order valence-corrected chi connectivity index (χ3v) is 10.5. The van der Waals surface area contributed by atoms with Crippen molar-refractivity contribution in [2.24, 2.45) is 5.73 Å². The third kappa shape index (κ3) is 9.32. The van der Waals surface area contributed by atoms with Crippen LogP contribution in [0.3, 0.4) is 0 Å². The van der Waals surface area contributed by atoms with E-state index < -0.39 is 180 Å². The van der Waals surface area contributed by atoms with E-state index in [0.717, 1.165) is 0 Å². The normalized spacial score (nSPS) is 53.2. The largest absolute Gasteiger partial charge is 0.394 e. The number of nitrogens with two attached hydrogens (primary N) is 1. The number of ether oxygens (including phenoxy) is 10. The Balaban J connectivity index is 1.44. The van der Waals surface area contributed by atoms with Gasteiger partial charge in [0.05, 0.1) is 38.8 Å². The molecule has 5 saturated heterocycles. The van der Waals surface area contributed by atoms with Crippen LogP contribution in [-0.2, 0) is 47.4 Å². The Bertz CT molecular complexity index is 1210. The summed E-state index contributed by atoms with van der Waals surface area (Å²) < 4.78 is 56.5. The van der Waals surface area contributed by atoms with E-state index in [0.29, 0.717) is 0 Å². The summed E-state index contributed by atoms with van der Waals surface area (Å²) in [6.07, 6.45) is -43.4. The molecule has 0 aliphatic carbocycles. The Morgan fingerprint density at radius 1 is 0.375 bits per heavy atom. The first-order chi connectivity index (χ1) is 26.5. The fourth-order valence-corrected chi connectivity index (χ4v) is 7.10. The fraction of sp³-hybridized carbons (Fsp3) is 1.00. The van der Waals surface area contributed by atoms with Gasteiger partial charge in [-0.15, -0.1) is 0 Å². The lowest BCUT2D eigenvalue weighted by atomic mass is 9.95. The van der Waals surface area contributed by atoms with Crippen LogP contribution < -0.4 is 5.73 Å². The Hall–Kier alpha value is -1.00. The molecule has 25 atom stereocenters. The summed E-state index contributed by atoms with van der Waals surface area (Å²) >= 11 is 0. The Morgan fingerprint density at radius 3 is 1.27 bits per heavy atom. The molecule has 0 bridgehead atoms. The van der Waals surface area contributed by atoms with Gasteiger partial charge in [-0.1, -0.05) is 0 Å². The van der Waals surface area contributed by atoms with Gasteiger partial charge in [-0.3, -0.25) is 0 Å². The molecule has 10 unspecified atom stereocenters. The van der Waals surface area contributed by atoms with Gasteiger partial charge in [0.2, 0.25) is 0 Å². The van der Waals surface area contributed by atoms with Gasteiger partial charge in [0, 0.05) is 0 Å². The molecule has 0 radical (unpaired) electrons. The lowest BCUT2D eigenvalue weighted by Crippen LogP contribution is -2.69. The molecule has 5 aliphatic heterocycles. The van der Waals surface area contributed by atoms with Crippen molar-refractivity contribution in [3.63, 3.8) is 0 Å². The van der Waals surface area contributed by atoms with Gasteiger partial charge < -0.3 is 125 Å². The highest BCUT2D eigenvalue weighted by Gasteiger charge is 2.57. The molecule has 0 amide bonds. The summed E-state index contributed by atoms with van der Waals surface area (Å²) in [5, 5.41) is 148. The summed E-state index contributed by atoms with van der Waals surface area (Å²) in [6.45, 7) is -0.473. The van der Waals surface area contributed by atoms with Crippen molar-refractivity contribution < 1.29 is 119 Å². The van der Waals surface area contributed by atoms with E-state index in [9.17, 15) is 71.5 Å². The second-order valence-corrected chi connectivity index (χ2v) is 14.2. The topological polar surface area (TPSA) is 402 Å². The average Bonchev–Trinajstić information content (AvgIpc) is 3.18. The molecule has 0 spiro atoms. The summed E-state index contributed by atoms with van der Waals surface area (Å²) in [4.78, 5) is 0. The maximum absolute atomic E-state index is 11.7. The second kappa shape index (κ2) is 19.6. The molecule has 56 heavy (non-hydrogen) atoms. The van der Waals surface area contributed by atoms with Crippen LogP contribution in [0, 0.1) is 0 Å². The molecular formula is C31H55NO24. The predicted octanol–water partition coefficient (Wildman–Crippen LogP) is -9.93. The Morgan fingerprint density at radius 2 is 0.768 bits per heavy atom. The van der Waals surface area contributed by atoms with E-state index in [1.165, 1.54) is 13.8 Å². The third-order valence-electron chi connectivity index (χ3n) is 10.5. The molecule has 0 aromatic rings. The zero-order valence-corrected chi connectivity index (χ0v) is 30.2. The minimum Gasteiger partial charge on any atom is -0.394 e. The van der Waals surface area contributed by atoms with Crippen LogP contribution in [0.25, 0.3) is 0 Å². The zero-order valence-electron chi connectivity index (χ0n) is 30.2. The number of hydrogen-bond donors (Lipinski definition) is 15. The molecular weight excluding hydrogens is 770 g/mol. The Labute approximate surface area is 318 Å². The number of aliphatic hydroxyl groups is 14. The first kappa shape index (κ1) is 46.1. The van der Waals surface area contributed by atoms with E-state index in [4.69, 9.17) is 53.1 Å². The molecule has 25 nitrogen and oxygen atoms in total. The molecule has 25 heteroatoms. The molecule has 0 aromatic heterocycles. The van der Waals surface area contributed by atoms with Crippen molar-refractivity contribution in [2.75, 3.05) is 26.6 Å². The van der Waals surface area contributed by atoms with Crippen molar-refractivity contribution in [2.45, 2.75) is 167 Å². The van der Waals surface area contributed by atoms with Crippen LogP contribution in [0.5, 0.6) is 0 Å². The summed E-state index contributed by atoms with van der Waals surface area (Å²) in [7, 11) is 0. The molecule has 5 fully saturated rings. The molecule has 0 aromatic carbocycles. The highest BCUT2D eigenvalue weighted by atomic mass is 16.8. The van der Waals surface area contributed by atoms with E-state index in [-0.39, 0.29) is 0 Å². The monoisotopic (exact) mass is 825 g/mol. The van der Waals surface area contributed by atoms with E-state index in [1.54, 1.807) is 0 Å². The minimum absolute atomic E-state index is 0.505. The molecule has 5 heterocycles. The van der Waals surface area contributed by atoms with Crippen LogP contribution in [0.15, 0.2) is 0 Å². The van der Waals surface area contributed by atoms with Crippen molar-refractivity contribution >= 4 is 0 Å². The highest BCUT2D eigenvalue weighted by molar-refractivity contribution is 4.99. The van der Waals surface area contributed by atoms with Crippen molar-refractivity contribution in [3.05, 3.63) is 0 Å². The number of rotatable bonds is 13. The van der Waals surface area contributed by atoms with Crippen LogP contribution in [-0.4, -0.2) is 252 Å². The van der Waals surface area contributed by atoms with E-state index >= 15 is 0 Å². The Kier molecular flexibility index (Phi) is 16.1. The zero-order chi connectivity index (χ0) is 41.3. The molecule has 328 valence electrons. The predicted molar refractivity (Wildman–Crippen MR) is 172 cm³/mol. The van der Waals surface area contributed by atoms with Crippen molar-refractivity contribution in [3.8, 4) is 0 Å². The van der Waals surface area contributed by atoms with Gasteiger partial charge in [0.15, 0.2) is 31.5 Å². The number of aliphatic hydroxyl groups excluding tert-OH is 14. The molecule has 16 N–H and O–H groups in total. The van der Waals surface area contributed by atoms with Crippen molar-refractivity contribution in [1.29, 1.82) is 0 Å².